The summed E-state index contributed by atoms with van der Waals surface area (Å²) in [5.74, 6) is -1.30. The van der Waals surface area contributed by atoms with Crippen LogP contribution in [-0.4, -0.2) is 37.1 Å². The molecule has 5 rings (SSSR count). The van der Waals surface area contributed by atoms with Gasteiger partial charge in [-0.05, 0) is 55.6 Å². The third kappa shape index (κ3) is 5.43. The molecule has 40 heavy (non-hydrogen) atoms. The van der Waals surface area contributed by atoms with Gasteiger partial charge in [0.15, 0.2) is 6.10 Å². The molecule has 3 heterocycles. The Balaban J connectivity index is 1.30. The van der Waals surface area contributed by atoms with Gasteiger partial charge in [-0.25, -0.2) is 14.2 Å². The summed E-state index contributed by atoms with van der Waals surface area (Å²) in [6, 6.07) is 22.7. The highest BCUT2D eigenvalue weighted by molar-refractivity contribution is 7.13. The highest BCUT2D eigenvalue weighted by Gasteiger charge is 2.23. The molecule has 0 radical (unpaired) electrons. The Morgan fingerprint density at radius 3 is 2.33 bits per heavy atom. The predicted octanol–water partition coefficient (Wildman–Crippen LogP) is 4.98. The lowest BCUT2D eigenvalue weighted by atomic mass is 10.2. The lowest BCUT2D eigenvalue weighted by Crippen LogP contribution is -2.31. The van der Waals surface area contributed by atoms with Crippen molar-refractivity contribution >= 4 is 35.0 Å². The maximum atomic E-state index is 13.1. The molecule has 10 heteroatoms. The molecule has 3 aromatic heterocycles. The molecule has 5 aromatic rings. The fourth-order valence-electron chi connectivity index (χ4n) is 4.19. The summed E-state index contributed by atoms with van der Waals surface area (Å²) < 4.78 is 10.2. The SMILES string of the molecule is Cc1c(NC(=O)[C@@H](C)OC(=O)/C=C/c2cn(-c3ccccc3)nc2-c2cccs2)c(=O)n(-c2ccccc2)n1C. The lowest BCUT2D eigenvalue weighted by Gasteiger charge is -2.11. The van der Waals surface area contributed by atoms with Gasteiger partial charge in [0, 0.05) is 24.9 Å². The second kappa shape index (κ2) is 11.4. The number of amides is 1. The van der Waals surface area contributed by atoms with E-state index in [4.69, 9.17) is 9.84 Å². The number of carbonyl (C=O) groups excluding carboxylic acids is 2. The molecule has 0 aliphatic rings. The van der Waals surface area contributed by atoms with Crippen molar-refractivity contribution in [1.29, 1.82) is 0 Å². The maximum absolute atomic E-state index is 13.1. The highest BCUT2D eigenvalue weighted by atomic mass is 32.1. The van der Waals surface area contributed by atoms with Gasteiger partial charge in [0.2, 0.25) is 0 Å². The largest absolute Gasteiger partial charge is 0.449 e. The Labute approximate surface area is 234 Å². The van der Waals surface area contributed by atoms with E-state index >= 15 is 0 Å². The number of ether oxygens (including phenoxy) is 1. The Morgan fingerprint density at radius 1 is 1.00 bits per heavy atom. The first-order valence-electron chi connectivity index (χ1n) is 12.6. The number of rotatable bonds is 8. The molecule has 1 N–H and O–H groups in total. The van der Waals surface area contributed by atoms with E-state index in [2.05, 4.69) is 5.32 Å². The van der Waals surface area contributed by atoms with Gasteiger partial charge in [-0.2, -0.15) is 5.10 Å². The van der Waals surface area contributed by atoms with Crippen LogP contribution in [0.3, 0.4) is 0 Å². The quantitative estimate of drug-likeness (QED) is 0.216. The average molecular weight is 554 g/mol. The van der Waals surface area contributed by atoms with Crippen LogP contribution in [0.15, 0.2) is 95.2 Å². The molecule has 1 atom stereocenters. The monoisotopic (exact) mass is 553 g/mol. The van der Waals surface area contributed by atoms with Gasteiger partial charge in [-0.15, -0.1) is 11.3 Å². The van der Waals surface area contributed by atoms with Crippen LogP contribution < -0.4 is 10.9 Å². The van der Waals surface area contributed by atoms with Crippen LogP contribution in [0.5, 0.6) is 0 Å². The summed E-state index contributed by atoms with van der Waals surface area (Å²) in [6.07, 6.45) is 3.59. The number of aromatic nitrogens is 4. The predicted molar refractivity (Wildman–Crippen MR) is 156 cm³/mol. The number of benzene rings is 2. The van der Waals surface area contributed by atoms with Crippen molar-refractivity contribution in [2.75, 3.05) is 5.32 Å². The van der Waals surface area contributed by atoms with E-state index in [1.165, 1.54) is 17.7 Å². The minimum atomic E-state index is -1.13. The standard InChI is InChI=1S/C30H27N5O4S/c1-20-27(30(38)35(33(20)3)24-13-8-5-9-14-24)31-29(37)21(2)39-26(36)17-16-22-19-34(23-11-6-4-7-12-23)32-28(22)25-15-10-18-40-25/h4-19,21H,1-3H3,(H,31,37)/b17-16+/t21-/m1/s1. The molecule has 9 nitrogen and oxygen atoms in total. The molecule has 202 valence electrons. The van der Waals surface area contributed by atoms with Crippen LogP contribution in [-0.2, 0) is 21.4 Å². The third-order valence-electron chi connectivity index (χ3n) is 6.38. The number of hydrogen-bond acceptors (Lipinski definition) is 6. The number of esters is 1. The van der Waals surface area contributed by atoms with Gasteiger partial charge in [-0.3, -0.25) is 14.3 Å². The van der Waals surface area contributed by atoms with Crippen LogP contribution in [0.4, 0.5) is 5.69 Å². The molecular formula is C30H27N5O4S. The van der Waals surface area contributed by atoms with Crippen molar-refractivity contribution in [3.05, 3.63) is 112 Å². The molecule has 2 aromatic carbocycles. The number of thiophene rings is 1. The second-order valence-corrected chi connectivity index (χ2v) is 9.98. The molecule has 0 bridgehead atoms. The molecule has 0 spiro atoms. The van der Waals surface area contributed by atoms with Crippen molar-refractivity contribution < 1.29 is 14.3 Å². The lowest BCUT2D eigenvalue weighted by molar-refractivity contribution is -0.148. The van der Waals surface area contributed by atoms with Gasteiger partial charge in [0.25, 0.3) is 11.5 Å². The second-order valence-electron chi connectivity index (χ2n) is 9.03. The van der Waals surface area contributed by atoms with Crippen LogP contribution in [0.25, 0.3) is 28.0 Å². The smallest absolute Gasteiger partial charge is 0.331 e. The topological polar surface area (TPSA) is 100 Å². The van der Waals surface area contributed by atoms with Crippen LogP contribution in [0.1, 0.15) is 18.2 Å². The summed E-state index contributed by atoms with van der Waals surface area (Å²) >= 11 is 1.54. The number of anilines is 1. The van der Waals surface area contributed by atoms with E-state index in [-0.39, 0.29) is 11.2 Å². The number of para-hydroxylation sites is 2. The summed E-state index contributed by atoms with van der Waals surface area (Å²) in [6.45, 7) is 3.19. The maximum Gasteiger partial charge on any atom is 0.331 e. The summed E-state index contributed by atoms with van der Waals surface area (Å²) in [4.78, 5) is 39.6. The van der Waals surface area contributed by atoms with Gasteiger partial charge in [0.1, 0.15) is 11.4 Å². The zero-order valence-corrected chi connectivity index (χ0v) is 23.0. The molecule has 0 saturated heterocycles. The minimum Gasteiger partial charge on any atom is -0.449 e. The number of nitrogens with zero attached hydrogens (tertiary/aromatic N) is 4. The third-order valence-corrected chi connectivity index (χ3v) is 7.26. The summed E-state index contributed by atoms with van der Waals surface area (Å²) in [5, 5.41) is 9.30. The fraction of sp³-hybridized carbons (Fsp3) is 0.133. The van der Waals surface area contributed by atoms with Crippen molar-refractivity contribution in [3.63, 3.8) is 0 Å². The van der Waals surface area contributed by atoms with E-state index in [1.807, 2.05) is 72.2 Å². The van der Waals surface area contributed by atoms with Crippen molar-refractivity contribution in [2.24, 2.45) is 7.05 Å². The fourth-order valence-corrected chi connectivity index (χ4v) is 4.92. The van der Waals surface area contributed by atoms with E-state index in [1.54, 1.807) is 52.9 Å². The Morgan fingerprint density at radius 2 is 1.68 bits per heavy atom. The first-order chi connectivity index (χ1) is 19.3. The molecule has 0 aliphatic heterocycles. The molecule has 0 saturated carbocycles. The van der Waals surface area contributed by atoms with E-state index < -0.39 is 18.0 Å². The number of carbonyl (C=O) groups is 2. The molecule has 0 aliphatic carbocycles. The highest BCUT2D eigenvalue weighted by Crippen LogP contribution is 2.28. The Hall–Kier alpha value is -4.96. The van der Waals surface area contributed by atoms with Crippen molar-refractivity contribution in [3.8, 4) is 21.9 Å². The van der Waals surface area contributed by atoms with Gasteiger partial charge in [-0.1, -0.05) is 42.5 Å². The first kappa shape index (κ1) is 26.6. The van der Waals surface area contributed by atoms with Crippen LogP contribution in [0.2, 0.25) is 0 Å². The van der Waals surface area contributed by atoms with Crippen LogP contribution in [0, 0.1) is 6.92 Å². The normalized spacial score (nSPS) is 12.0. The number of nitrogens with one attached hydrogen (secondary N) is 1. The Bertz CT molecular complexity index is 1730. The Kier molecular flexibility index (Phi) is 7.61. The first-order valence-corrected chi connectivity index (χ1v) is 13.4. The van der Waals surface area contributed by atoms with Crippen molar-refractivity contribution in [1.82, 2.24) is 19.1 Å². The molecule has 0 fully saturated rings. The van der Waals surface area contributed by atoms with E-state index in [0.29, 0.717) is 11.4 Å². The minimum absolute atomic E-state index is 0.128. The summed E-state index contributed by atoms with van der Waals surface area (Å²) in [5.41, 5.74) is 3.32. The van der Waals surface area contributed by atoms with Gasteiger partial charge in [0.05, 0.1) is 21.9 Å². The zero-order chi connectivity index (χ0) is 28.2. The van der Waals surface area contributed by atoms with Crippen LogP contribution >= 0.6 is 11.3 Å². The van der Waals surface area contributed by atoms with E-state index in [9.17, 15) is 14.4 Å². The average Bonchev–Trinajstić information content (AvgIpc) is 3.69. The van der Waals surface area contributed by atoms with Gasteiger partial charge < -0.3 is 10.1 Å². The number of hydrogen-bond donors (Lipinski definition) is 1. The summed E-state index contributed by atoms with van der Waals surface area (Å²) in [7, 11) is 1.73. The van der Waals surface area contributed by atoms with E-state index in [0.717, 1.165) is 21.8 Å². The zero-order valence-electron chi connectivity index (χ0n) is 22.1. The van der Waals surface area contributed by atoms with Gasteiger partial charge >= 0.3 is 5.97 Å². The van der Waals surface area contributed by atoms with Crippen molar-refractivity contribution in [2.45, 2.75) is 20.0 Å². The molecule has 0 unspecified atom stereocenters. The molecular weight excluding hydrogens is 526 g/mol. The molecule has 1 amide bonds.